The van der Waals surface area contributed by atoms with Crippen LogP contribution in [0, 0.1) is 0 Å². The van der Waals surface area contributed by atoms with Gasteiger partial charge in [0.05, 0.1) is 13.1 Å². The van der Waals surface area contributed by atoms with Crippen molar-refractivity contribution in [3.8, 4) is 0 Å². The highest BCUT2D eigenvalue weighted by molar-refractivity contribution is 4.45. The molecule has 0 atom stereocenters. The molecule has 0 aromatic carbocycles. The molecule has 0 bridgehead atoms. The van der Waals surface area contributed by atoms with Crippen molar-refractivity contribution in [2.24, 2.45) is 10.2 Å². The molecule has 3 heteroatoms. The molecule has 0 saturated heterocycles. The van der Waals surface area contributed by atoms with Crippen LogP contribution >= 0.6 is 0 Å². The van der Waals surface area contributed by atoms with E-state index in [2.05, 4.69) is 29.2 Å². The Hall–Kier alpha value is -0.440. The van der Waals surface area contributed by atoms with E-state index in [1.165, 1.54) is 0 Å². The fourth-order valence-electron chi connectivity index (χ4n) is 0.628. The molecular weight excluding hydrogens is 126 g/mol. The summed E-state index contributed by atoms with van der Waals surface area (Å²) >= 11 is 0. The number of rotatable bonds is 5. The Kier molecular flexibility index (Phi) is 6.38. The van der Waals surface area contributed by atoms with Crippen molar-refractivity contribution >= 4 is 0 Å². The van der Waals surface area contributed by atoms with Crippen LogP contribution in [0.15, 0.2) is 10.2 Å². The van der Waals surface area contributed by atoms with E-state index in [0.29, 0.717) is 0 Å². The first-order chi connectivity index (χ1) is 4.77. The van der Waals surface area contributed by atoms with Gasteiger partial charge >= 0.3 is 0 Å². The van der Waals surface area contributed by atoms with Gasteiger partial charge in [0, 0.05) is 0 Å². The van der Waals surface area contributed by atoms with Crippen LogP contribution in [0.2, 0.25) is 0 Å². The molecule has 0 fully saturated rings. The first-order valence-corrected chi connectivity index (χ1v) is 3.75. The summed E-state index contributed by atoms with van der Waals surface area (Å²) in [5, 5.41) is 7.84. The van der Waals surface area contributed by atoms with Crippen LogP contribution in [0.4, 0.5) is 0 Å². The van der Waals surface area contributed by atoms with Gasteiger partial charge in [0.1, 0.15) is 0 Å². The predicted octanol–water partition coefficient (Wildman–Crippen LogP) is 1.41. The standard InChI is InChI=1S/C7H17N3/c1-4-8-9-6-5-7-10(2)3/h4-7H2,1-3H3. The van der Waals surface area contributed by atoms with E-state index in [-0.39, 0.29) is 0 Å². The number of hydrogen-bond acceptors (Lipinski definition) is 3. The topological polar surface area (TPSA) is 28.0 Å². The van der Waals surface area contributed by atoms with Crippen LogP contribution in [-0.2, 0) is 0 Å². The SMILES string of the molecule is CCN=NCCCN(C)C. The molecule has 0 unspecified atom stereocenters. The molecule has 0 aliphatic rings. The lowest BCUT2D eigenvalue weighted by Crippen LogP contribution is -2.13. The second kappa shape index (κ2) is 6.68. The highest BCUT2D eigenvalue weighted by atomic mass is 15.1. The smallest absolute Gasteiger partial charge is 0.0611 e. The summed E-state index contributed by atoms with van der Waals surface area (Å²) in [5.41, 5.74) is 0. The molecule has 0 spiro atoms. The van der Waals surface area contributed by atoms with Gasteiger partial charge in [0.15, 0.2) is 0 Å². The van der Waals surface area contributed by atoms with Crippen molar-refractivity contribution in [3.63, 3.8) is 0 Å². The molecule has 0 radical (unpaired) electrons. The average Bonchev–Trinajstić information content (AvgIpc) is 1.87. The third kappa shape index (κ3) is 7.56. The predicted molar refractivity (Wildman–Crippen MR) is 43.4 cm³/mol. The second-order valence-corrected chi connectivity index (χ2v) is 2.48. The van der Waals surface area contributed by atoms with Crippen LogP contribution in [0.5, 0.6) is 0 Å². The molecule has 0 aliphatic heterocycles. The zero-order chi connectivity index (χ0) is 7.82. The van der Waals surface area contributed by atoms with Gasteiger partial charge in [0.25, 0.3) is 0 Å². The van der Waals surface area contributed by atoms with Gasteiger partial charge in [-0.1, -0.05) is 0 Å². The first-order valence-electron chi connectivity index (χ1n) is 3.75. The fraction of sp³-hybridized carbons (Fsp3) is 1.00. The van der Waals surface area contributed by atoms with Crippen LogP contribution in [-0.4, -0.2) is 38.6 Å². The minimum Gasteiger partial charge on any atom is -0.309 e. The van der Waals surface area contributed by atoms with E-state index < -0.39 is 0 Å². The van der Waals surface area contributed by atoms with Crippen LogP contribution in [0.3, 0.4) is 0 Å². The lowest BCUT2D eigenvalue weighted by molar-refractivity contribution is 0.402. The highest BCUT2D eigenvalue weighted by Crippen LogP contribution is 1.84. The van der Waals surface area contributed by atoms with E-state index in [1.54, 1.807) is 0 Å². The summed E-state index contributed by atoms with van der Waals surface area (Å²) in [5.74, 6) is 0. The van der Waals surface area contributed by atoms with Gasteiger partial charge in [-0.15, -0.1) is 0 Å². The van der Waals surface area contributed by atoms with Gasteiger partial charge in [-0.25, -0.2) is 0 Å². The van der Waals surface area contributed by atoms with Crippen molar-refractivity contribution in [2.75, 3.05) is 33.7 Å². The molecule has 0 amide bonds. The Morgan fingerprint density at radius 3 is 2.40 bits per heavy atom. The maximum atomic E-state index is 3.96. The molecule has 0 rings (SSSR count). The highest BCUT2D eigenvalue weighted by Gasteiger charge is 1.87. The Morgan fingerprint density at radius 2 is 1.90 bits per heavy atom. The second-order valence-electron chi connectivity index (χ2n) is 2.48. The molecule has 0 heterocycles. The molecule has 10 heavy (non-hydrogen) atoms. The summed E-state index contributed by atoms with van der Waals surface area (Å²) in [6.07, 6.45) is 1.11. The summed E-state index contributed by atoms with van der Waals surface area (Å²) < 4.78 is 0. The maximum Gasteiger partial charge on any atom is 0.0611 e. The van der Waals surface area contributed by atoms with E-state index in [1.807, 2.05) is 6.92 Å². The molecule has 0 aromatic rings. The molecule has 0 aromatic heterocycles. The molecular formula is C7H17N3. The molecule has 3 nitrogen and oxygen atoms in total. The van der Waals surface area contributed by atoms with Gasteiger partial charge in [-0.05, 0) is 34.0 Å². The van der Waals surface area contributed by atoms with Gasteiger partial charge in [-0.3, -0.25) is 0 Å². The minimum absolute atomic E-state index is 0.808. The summed E-state index contributed by atoms with van der Waals surface area (Å²) in [6.45, 7) is 4.77. The zero-order valence-corrected chi connectivity index (χ0v) is 7.17. The Balaban J connectivity index is 2.97. The number of nitrogens with zero attached hydrogens (tertiary/aromatic N) is 3. The maximum absolute atomic E-state index is 3.96. The first kappa shape index (κ1) is 9.56. The van der Waals surface area contributed by atoms with Crippen LogP contribution in [0.1, 0.15) is 13.3 Å². The lowest BCUT2D eigenvalue weighted by atomic mass is 10.4. The minimum atomic E-state index is 0.808. The third-order valence-electron chi connectivity index (χ3n) is 1.10. The van der Waals surface area contributed by atoms with E-state index in [0.717, 1.165) is 26.1 Å². The van der Waals surface area contributed by atoms with Crippen molar-refractivity contribution in [3.05, 3.63) is 0 Å². The van der Waals surface area contributed by atoms with Gasteiger partial charge in [-0.2, -0.15) is 10.2 Å². The largest absolute Gasteiger partial charge is 0.309 e. The van der Waals surface area contributed by atoms with Crippen molar-refractivity contribution < 1.29 is 0 Å². The fourth-order valence-corrected chi connectivity index (χ4v) is 0.628. The number of azo groups is 1. The Morgan fingerprint density at radius 1 is 1.20 bits per heavy atom. The summed E-state index contributed by atoms with van der Waals surface area (Å²) in [6, 6.07) is 0. The monoisotopic (exact) mass is 143 g/mol. The molecule has 0 saturated carbocycles. The Labute approximate surface area is 63.1 Å². The van der Waals surface area contributed by atoms with Crippen molar-refractivity contribution in [1.82, 2.24) is 4.90 Å². The van der Waals surface area contributed by atoms with E-state index >= 15 is 0 Å². The number of hydrogen-bond donors (Lipinski definition) is 0. The quantitative estimate of drug-likeness (QED) is 0.422. The summed E-state index contributed by atoms with van der Waals surface area (Å²) in [4.78, 5) is 2.15. The lowest BCUT2D eigenvalue weighted by Gasteiger charge is -2.05. The van der Waals surface area contributed by atoms with Crippen LogP contribution < -0.4 is 0 Å². The normalized spacial score (nSPS) is 11.6. The van der Waals surface area contributed by atoms with Crippen LogP contribution in [0.25, 0.3) is 0 Å². The average molecular weight is 143 g/mol. The molecule has 60 valence electrons. The Bertz CT molecular complexity index is 88.9. The zero-order valence-electron chi connectivity index (χ0n) is 7.17. The van der Waals surface area contributed by atoms with Crippen molar-refractivity contribution in [2.45, 2.75) is 13.3 Å². The third-order valence-corrected chi connectivity index (χ3v) is 1.10. The van der Waals surface area contributed by atoms with E-state index in [4.69, 9.17) is 0 Å². The molecule has 0 N–H and O–H groups in total. The van der Waals surface area contributed by atoms with Crippen molar-refractivity contribution in [1.29, 1.82) is 0 Å². The van der Waals surface area contributed by atoms with Gasteiger partial charge in [0.2, 0.25) is 0 Å². The van der Waals surface area contributed by atoms with E-state index in [9.17, 15) is 0 Å². The molecule has 0 aliphatic carbocycles. The summed E-state index contributed by atoms with van der Waals surface area (Å²) in [7, 11) is 4.13. The van der Waals surface area contributed by atoms with Gasteiger partial charge < -0.3 is 4.90 Å².